The van der Waals surface area contributed by atoms with E-state index >= 15 is 0 Å². The maximum absolute atomic E-state index is 14.7. The summed E-state index contributed by atoms with van der Waals surface area (Å²) in [5, 5.41) is 5.48. The summed E-state index contributed by atoms with van der Waals surface area (Å²) in [6.45, 7) is 3.19. The third-order valence-corrected chi connectivity index (χ3v) is 5.42. The van der Waals surface area contributed by atoms with Crippen LogP contribution in [-0.4, -0.2) is 34.9 Å². The van der Waals surface area contributed by atoms with E-state index in [1.165, 1.54) is 13.3 Å². The van der Waals surface area contributed by atoms with Crippen molar-refractivity contribution in [1.82, 2.24) is 9.97 Å². The minimum atomic E-state index is -0.667. The van der Waals surface area contributed by atoms with Crippen molar-refractivity contribution in [1.29, 1.82) is 0 Å². The van der Waals surface area contributed by atoms with Crippen LogP contribution in [0.1, 0.15) is 36.7 Å². The summed E-state index contributed by atoms with van der Waals surface area (Å²) in [6.07, 6.45) is 6.63. The number of carbonyl (C=O) groups excluding carboxylic acids is 2. The number of nitrogens with zero attached hydrogens (tertiary/aromatic N) is 3. The lowest BCUT2D eigenvalue weighted by molar-refractivity contribution is -0.114. The van der Waals surface area contributed by atoms with Gasteiger partial charge in [-0.2, -0.15) is 0 Å². The number of amides is 2. The van der Waals surface area contributed by atoms with Crippen molar-refractivity contribution in [2.24, 2.45) is 0 Å². The maximum Gasteiger partial charge on any atom is 0.276 e. The van der Waals surface area contributed by atoms with E-state index in [1.54, 1.807) is 36.7 Å². The van der Waals surface area contributed by atoms with Crippen LogP contribution in [-0.2, 0) is 4.79 Å². The molecule has 4 N–H and O–H groups in total. The van der Waals surface area contributed by atoms with E-state index in [4.69, 9.17) is 5.73 Å². The lowest BCUT2D eigenvalue weighted by Gasteiger charge is -2.30. The quantitative estimate of drug-likeness (QED) is 0.542. The second-order valence-corrected chi connectivity index (χ2v) is 7.91. The van der Waals surface area contributed by atoms with Gasteiger partial charge in [-0.15, -0.1) is 0 Å². The zero-order valence-corrected chi connectivity index (χ0v) is 18.3. The van der Waals surface area contributed by atoms with Gasteiger partial charge in [-0.1, -0.05) is 12.1 Å². The summed E-state index contributed by atoms with van der Waals surface area (Å²) in [5.74, 6) is -1.48. The minimum Gasteiger partial charge on any atom is -0.397 e. The number of hydrogen-bond acceptors (Lipinski definition) is 6. The Morgan fingerprint density at radius 3 is 2.64 bits per heavy atom. The Balaban J connectivity index is 1.64. The van der Waals surface area contributed by atoms with E-state index < -0.39 is 11.7 Å². The number of nitrogens with one attached hydrogen (secondary N) is 2. The molecule has 8 nitrogen and oxygen atoms in total. The van der Waals surface area contributed by atoms with Crippen molar-refractivity contribution in [3.05, 3.63) is 60.3 Å². The van der Waals surface area contributed by atoms with Gasteiger partial charge in [0.1, 0.15) is 5.69 Å². The molecule has 1 aromatic carbocycles. The Labute approximate surface area is 191 Å². The molecule has 170 valence electrons. The normalized spacial score (nSPS) is 13.5. The molecule has 1 fully saturated rings. The Morgan fingerprint density at radius 1 is 1.09 bits per heavy atom. The first-order valence-corrected chi connectivity index (χ1v) is 10.8. The first-order chi connectivity index (χ1) is 15.9. The van der Waals surface area contributed by atoms with Gasteiger partial charge in [0.25, 0.3) is 5.91 Å². The molecule has 9 heteroatoms. The van der Waals surface area contributed by atoms with E-state index in [9.17, 15) is 14.0 Å². The van der Waals surface area contributed by atoms with Crippen LogP contribution in [0.4, 0.5) is 27.1 Å². The van der Waals surface area contributed by atoms with Crippen LogP contribution < -0.4 is 21.3 Å². The molecule has 2 amide bonds. The fourth-order valence-electron chi connectivity index (χ4n) is 3.91. The number of aromatic nitrogens is 2. The molecule has 33 heavy (non-hydrogen) atoms. The Kier molecular flexibility index (Phi) is 6.48. The molecule has 4 rings (SSSR count). The van der Waals surface area contributed by atoms with E-state index in [0.717, 1.165) is 37.7 Å². The number of rotatable bonds is 5. The minimum absolute atomic E-state index is 0.0380. The van der Waals surface area contributed by atoms with Crippen LogP contribution in [0.15, 0.2) is 48.8 Å². The standard InChI is InChI=1S/C24H25FN6O2/c1-15(32)28-17-7-5-6-16(12-17)22-18(25)13-19(26)23(30-22)24(33)29-20-14-27-9-8-21(20)31-10-3-2-4-11-31/h5-9,12-14H,2-4,10-11,26H2,1H3,(H,28,32)(H,29,33). The van der Waals surface area contributed by atoms with Gasteiger partial charge in [-0.05, 0) is 37.5 Å². The molecule has 0 radical (unpaired) electrons. The molecule has 2 aromatic heterocycles. The van der Waals surface area contributed by atoms with Gasteiger partial charge in [0.15, 0.2) is 11.5 Å². The first-order valence-electron chi connectivity index (χ1n) is 10.8. The number of nitrogens with two attached hydrogens (primary N) is 1. The average Bonchev–Trinajstić information content (AvgIpc) is 2.80. The van der Waals surface area contributed by atoms with Crippen molar-refractivity contribution in [2.75, 3.05) is 34.4 Å². The van der Waals surface area contributed by atoms with Crippen LogP contribution in [0.2, 0.25) is 0 Å². The van der Waals surface area contributed by atoms with Crippen LogP contribution in [0, 0.1) is 5.82 Å². The molecule has 3 aromatic rings. The third kappa shape index (κ3) is 5.08. The highest BCUT2D eigenvalue weighted by Gasteiger charge is 2.21. The molecule has 0 spiro atoms. The van der Waals surface area contributed by atoms with Crippen molar-refractivity contribution >= 4 is 34.6 Å². The predicted octanol–water partition coefficient (Wildman–Crippen LogP) is 4.07. The highest BCUT2D eigenvalue weighted by molar-refractivity contribution is 6.08. The zero-order chi connectivity index (χ0) is 23.4. The number of carbonyl (C=O) groups is 2. The number of pyridine rings is 2. The second-order valence-electron chi connectivity index (χ2n) is 7.91. The Morgan fingerprint density at radius 2 is 1.88 bits per heavy atom. The summed E-state index contributed by atoms with van der Waals surface area (Å²) in [5.41, 5.74) is 8.07. The summed E-state index contributed by atoms with van der Waals surface area (Å²) in [4.78, 5) is 35.0. The number of piperidine rings is 1. The first kappa shape index (κ1) is 22.2. The molecule has 0 atom stereocenters. The van der Waals surface area contributed by atoms with Crippen molar-refractivity contribution in [3.8, 4) is 11.3 Å². The molecule has 0 saturated carbocycles. The maximum atomic E-state index is 14.7. The van der Waals surface area contributed by atoms with Gasteiger partial charge in [0, 0.05) is 43.5 Å². The highest BCUT2D eigenvalue weighted by Crippen LogP contribution is 2.30. The van der Waals surface area contributed by atoms with Crippen molar-refractivity contribution in [2.45, 2.75) is 26.2 Å². The smallest absolute Gasteiger partial charge is 0.276 e. The second kappa shape index (κ2) is 9.64. The van der Waals surface area contributed by atoms with Crippen LogP contribution in [0.3, 0.4) is 0 Å². The van der Waals surface area contributed by atoms with Gasteiger partial charge >= 0.3 is 0 Å². The van der Waals surface area contributed by atoms with E-state index in [-0.39, 0.29) is 23.0 Å². The molecule has 0 bridgehead atoms. The molecule has 1 aliphatic rings. The van der Waals surface area contributed by atoms with Gasteiger partial charge < -0.3 is 21.3 Å². The van der Waals surface area contributed by atoms with Crippen molar-refractivity contribution in [3.63, 3.8) is 0 Å². The lowest BCUT2D eigenvalue weighted by atomic mass is 10.1. The number of hydrogen-bond donors (Lipinski definition) is 3. The number of nitrogen functional groups attached to an aromatic ring is 1. The monoisotopic (exact) mass is 448 g/mol. The molecular formula is C24H25FN6O2. The zero-order valence-electron chi connectivity index (χ0n) is 18.3. The molecule has 1 saturated heterocycles. The molecule has 0 aliphatic carbocycles. The fraction of sp³-hybridized carbons (Fsp3) is 0.250. The van der Waals surface area contributed by atoms with Crippen molar-refractivity contribution < 1.29 is 14.0 Å². The van der Waals surface area contributed by atoms with E-state index in [2.05, 4.69) is 25.5 Å². The summed E-state index contributed by atoms with van der Waals surface area (Å²) in [6, 6.07) is 9.51. The molecular weight excluding hydrogens is 423 g/mol. The van der Waals surface area contributed by atoms with E-state index in [0.29, 0.717) is 16.9 Å². The molecule has 3 heterocycles. The highest BCUT2D eigenvalue weighted by atomic mass is 19.1. The molecule has 1 aliphatic heterocycles. The van der Waals surface area contributed by atoms with Crippen LogP contribution in [0.25, 0.3) is 11.3 Å². The fourth-order valence-corrected chi connectivity index (χ4v) is 3.91. The average molecular weight is 449 g/mol. The van der Waals surface area contributed by atoms with Gasteiger partial charge in [-0.25, -0.2) is 9.37 Å². The largest absolute Gasteiger partial charge is 0.397 e. The number of anilines is 4. The lowest BCUT2D eigenvalue weighted by Crippen LogP contribution is -2.30. The van der Waals surface area contributed by atoms with Crippen LogP contribution in [0.5, 0.6) is 0 Å². The number of halogens is 1. The van der Waals surface area contributed by atoms with Gasteiger partial charge in [0.2, 0.25) is 5.91 Å². The Hall–Kier alpha value is -4.01. The van der Waals surface area contributed by atoms with Gasteiger partial charge in [0.05, 0.1) is 23.3 Å². The third-order valence-electron chi connectivity index (χ3n) is 5.42. The predicted molar refractivity (Wildman–Crippen MR) is 127 cm³/mol. The SMILES string of the molecule is CC(=O)Nc1cccc(-c2nc(C(=O)Nc3cnccc3N3CCCCC3)c(N)cc2F)c1. The topological polar surface area (TPSA) is 113 Å². The van der Waals surface area contributed by atoms with Gasteiger partial charge in [-0.3, -0.25) is 14.6 Å². The summed E-state index contributed by atoms with van der Waals surface area (Å²) in [7, 11) is 0. The Bertz CT molecular complexity index is 1190. The summed E-state index contributed by atoms with van der Waals surface area (Å²) < 4.78 is 14.7. The van der Waals surface area contributed by atoms with Crippen LogP contribution >= 0.6 is 0 Å². The van der Waals surface area contributed by atoms with E-state index in [1.807, 2.05) is 6.07 Å². The summed E-state index contributed by atoms with van der Waals surface area (Å²) >= 11 is 0. The molecule has 0 unspecified atom stereocenters. The number of benzene rings is 1.